The van der Waals surface area contributed by atoms with E-state index in [2.05, 4.69) is 27.5 Å². The Labute approximate surface area is 101 Å². The summed E-state index contributed by atoms with van der Waals surface area (Å²) < 4.78 is 0. The van der Waals surface area contributed by atoms with E-state index >= 15 is 0 Å². The predicted octanol–water partition coefficient (Wildman–Crippen LogP) is 0.0635. The molecule has 2 rings (SSSR count). The first-order chi connectivity index (χ1) is 8.15. The number of aromatic amines is 1. The Bertz CT molecular complexity index is 389. The normalized spacial score (nSPS) is 21.4. The second kappa shape index (κ2) is 5.18. The van der Waals surface area contributed by atoms with Gasteiger partial charge in [-0.25, -0.2) is 0 Å². The molecule has 1 aromatic rings. The zero-order valence-corrected chi connectivity index (χ0v) is 10.1. The minimum atomic E-state index is -0.137. The number of carbonyl (C=O) groups is 1. The lowest BCUT2D eigenvalue weighted by Gasteiger charge is -2.29. The van der Waals surface area contributed by atoms with Crippen LogP contribution >= 0.6 is 0 Å². The number of hydrogen-bond donors (Lipinski definition) is 3. The number of amides is 1. The molecule has 0 radical (unpaired) electrons. The quantitative estimate of drug-likeness (QED) is 0.694. The third kappa shape index (κ3) is 3.20. The van der Waals surface area contributed by atoms with Crippen LogP contribution in [0.15, 0.2) is 6.07 Å². The van der Waals surface area contributed by atoms with Gasteiger partial charge in [-0.15, -0.1) is 0 Å². The second-order valence-corrected chi connectivity index (χ2v) is 4.69. The Hall–Kier alpha value is -1.56. The first-order valence-electron chi connectivity index (χ1n) is 5.93. The minimum absolute atomic E-state index is 0.137. The molecule has 6 nitrogen and oxygen atoms in total. The van der Waals surface area contributed by atoms with Gasteiger partial charge >= 0.3 is 0 Å². The number of nitrogens with zero attached hydrogens (tertiary/aromatic N) is 2. The summed E-state index contributed by atoms with van der Waals surface area (Å²) in [7, 11) is 2.11. The average molecular weight is 237 g/mol. The van der Waals surface area contributed by atoms with Crippen LogP contribution in [0.1, 0.15) is 23.3 Å². The molecule has 1 atom stereocenters. The lowest BCUT2D eigenvalue weighted by molar-refractivity contribution is 0.0932. The van der Waals surface area contributed by atoms with E-state index in [1.807, 2.05) is 0 Å². The van der Waals surface area contributed by atoms with Crippen molar-refractivity contribution in [1.29, 1.82) is 0 Å². The van der Waals surface area contributed by atoms with Crippen LogP contribution in [0.5, 0.6) is 0 Å². The van der Waals surface area contributed by atoms with Crippen LogP contribution < -0.4 is 11.1 Å². The maximum absolute atomic E-state index is 11.7. The van der Waals surface area contributed by atoms with E-state index < -0.39 is 0 Å². The van der Waals surface area contributed by atoms with Gasteiger partial charge < -0.3 is 16.0 Å². The van der Waals surface area contributed by atoms with Crippen molar-refractivity contribution in [3.8, 4) is 0 Å². The summed E-state index contributed by atoms with van der Waals surface area (Å²) in [6.45, 7) is 2.91. The molecule has 1 saturated heterocycles. The number of H-pyrrole nitrogens is 1. The van der Waals surface area contributed by atoms with E-state index in [0.717, 1.165) is 13.1 Å². The van der Waals surface area contributed by atoms with Gasteiger partial charge in [0, 0.05) is 19.2 Å². The summed E-state index contributed by atoms with van der Waals surface area (Å²) in [5.74, 6) is 0.743. The number of piperidine rings is 1. The van der Waals surface area contributed by atoms with Crippen molar-refractivity contribution in [1.82, 2.24) is 20.4 Å². The van der Waals surface area contributed by atoms with E-state index in [1.54, 1.807) is 6.07 Å². The van der Waals surface area contributed by atoms with Gasteiger partial charge in [0.05, 0.1) is 0 Å². The van der Waals surface area contributed by atoms with E-state index in [0.29, 0.717) is 24.0 Å². The second-order valence-electron chi connectivity index (χ2n) is 4.69. The lowest BCUT2D eigenvalue weighted by Crippen LogP contribution is -2.39. The number of nitrogens with two attached hydrogens (primary N) is 1. The molecule has 17 heavy (non-hydrogen) atoms. The number of aromatic nitrogens is 2. The Kier molecular flexibility index (Phi) is 3.63. The van der Waals surface area contributed by atoms with Crippen molar-refractivity contribution in [3.63, 3.8) is 0 Å². The number of nitrogen functional groups attached to an aromatic ring is 1. The molecular weight excluding hydrogens is 218 g/mol. The largest absolute Gasteiger partial charge is 0.382 e. The zero-order chi connectivity index (χ0) is 12.3. The topological polar surface area (TPSA) is 87.0 Å². The zero-order valence-electron chi connectivity index (χ0n) is 10.1. The number of hydrogen-bond acceptors (Lipinski definition) is 4. The van der Waals surface area contributed by atoms with Gasteiger partial charge in [0.2, 0.25) is 0 Å². The van der Waals surface area contributed by atoms with E-state index in [4.69, 9.17) is 5.73 Å². The molecule has 0 aromatic carbocycles. The SMILES string of the molecule is CN1CCCC(CNC(=O)c2cc(N)n[nH]2)C1. The summed E-state index contributed by atoms with van der Waals surface area (Å²) in [4.78, 5) is 14.0. The van der Waals surface area contributed by atoms with Crippen molar-refractivity contribution in [2.75, 3.05) is 32.4 Å². The van der Waals surface area contributed by atoms with Crippen LogP contribution in [0.3, 0.4) is 0 Å². The average Bonchev–Trinajstić information content (AvgIpc) is 2.73. The fourth-order valence-corrected chi connectivity index (χ4v) is 2.23. The van der Waals surface area contributed by atoms with Crippen LogP contribution in [0.25, 0.3) is 0 Å². The Balaban J connectivity index is 1.80. The predicted molar refractivity (Wildman–Crippen MR) is 65.6 cm³/mol. The van der Waals surface area contributed by atoms with Crippen molar-refractivity contribution in [3.05, 3.63) is 11.8 Å². The van der Waals surface area contributed by atoms with Gasteiger partial charge in [-0.05, 0) is 32.4 Å². The van der Waals surface area contributed by atoms with Crippen LogP contribution in [-0.2, 0) is 0 Å². The molecule has 1 aliphatic heterocycles. The molecular formula is C11H19N5O. The van der Waals surface area contributed by atoms with Crippen LogP contribution in [0.2, 0.25) is 0 Å². The highest BCUT2D eigenvalue weighted by Crippen LogP contribution is 2.14. The molecule has 0 bridgehead atoms. The summed E-state index contributed by atoms with van der Waals surface area (Å²) in [6.07, 6.45) is 2.38. The third-order valence-electron chi connectivity index (χ3n) is 3.12. The van der Waals surface area contributed by atoms with E-state index in [-0.39, 0.29) is 5.91 Å². The molecule has 1 aromatic heterocycles. The molecule has 6 heteroatoms. The molecule has 1 amide bonds. The van der Waals surface area contributed by atoms with Crippen molar-refractivity contribution < 1.29 is 4.79 Å². The smallest absolute Gasteiger partial charge is 0.269 e. The highest BCUT2D eigenvalue weighted by molar-refractivity contribution is 5.92. The fraction of sp³-hybridized carbons (Fsp3) is 0.636. The fourth-order valence-electron chi connectivity index (χ4n) is 2.23. The van der Waals surface area contributed by atoms with Gasteiger partial charge in [0.1, 0.15) is 11.5 Å². The number of rotatable bonds is 3. The molecule has 0 aliphatic carbocycles. The molecule has 4 N–H and O–H groups in total. The molecule has 94 valence electrons. The van der Waals surface area contributed by atoms with Gasteiger partial charge in [0.25, 0.3) is 5.91 Å². The Morgan fingerprint density at radius 1 is 1.76 bits per heavy atom. The van der Waals surface area contributed by atoms with Crippen molar-refractivity contribution in [2.45, 2.75) is 12.8 Å². The maximum atomic E-state index is 11.7. The van der Waals surface area contributed by atoms with Gasteiger partial charge in [-0.3, -0.25) is 9.89 Å². The molecule has 1 unspecified atom stereocenters. The first kappa shape index (κ1) is 11.9. The van der Waals surface area contributed by atoms with E-state index in [9.17, 15) is 4.79 Å². The molecule has 2 heterocycles. The monoisotopic (exact) mass is 237 g/mol. The number of carbonyl (C=O) groups excluding carboxylic acids is 1. The summed E-state index contributed by atoms with van der Waals surface area (Å²) in [5, 5.41) is 9.24. The molecule has 1 fully saturated rings. The highest BCUT2D eigenvalue weighted by atomic mass is 16.1. The van der Waals surface area contributed by atoms with Gasteiger partial charge in [0.15, 0.2) is 0 Å². The van der Waals surface area contributed by atoms with Crippen LogP contribution in [-0.4, -0.2) is 47.7 Å². The van der Waals surface area contributed by atoms with Crippen LogP contribution in [0, 0.1) is 5.92 Å². The molecule has 1 aliphatic rings. The lowest BCUT2D eigenvalue weighted by atomic mass is 9.98. The third-order valence-corrected chi connectivity index (χ3v) is 3.12. The molecule has 0 spiro atoms. The summed E-state index contributed by atoms with van der Waals surface area (Å²) >= 11 is 0. The van der Waals surface area contributed by atoms with Gasteiger partial charge in [-0.2, -0.15) is 5.10 Å². The van der Waals surface area contributed by atoms with Crippen molar-refractivity contribution in [2.24, 2.45) is 5.92 Å². The number of likely N-dealkylation sites (tertiary alicyclic amines) is 1. The number of anilines is 1. The summed E-state index contributed by atoms with van der Waals surface area (Å²) in [6, 6.07) is 1.54. The minimum Gasteiger partial charge on any atom is -0.382 e. The summed E-state index contributed by atoms with van der Waals surface area (Å²) in [5.41, 5.74) is 5.87. The standard InChI is InChI=1S/C11H19N5O/c1-16-4-2-3-8(7-16)6-13-11(17)9-5-10(12)15-14-9/h5,8H,2-4,6-7H2,1H3,(H,13,17)(H3,12,14,15). The first-order valence-corrected chi connectivity index (χ1v) is 5.93. The van der Waals surface area contributed by atoms with Gasteiger partial charge in [-0.1, -0.05) is 0 Å². The Morgan fingerprint density at radius 2 is 2.59 bits per heavy atom. The van der Waals surface area contributed by atoms with Crippen molar-refractivity contribution >= 4 is 11.7 Å². The van der Waals surface area contributed by atoms with E-state index in [1.165, 1.54) is 12.8 Å². The number of nitrogens with one attached hydrogen (secondary N) is 2. The van der Waals surface area contributed by atoms with Crippen LogP contribution in [0.4, 0.5) is 5.82 Å². The highest BCUT2D eigenvalue weighted by Gasteiger charge is 2.18. The maximum Gasteiger partial charge on any atom is 0.269 e. The Morgan fingerprint density at radius 3 is 3.24 bits per heavy atom. The molecule has 0 saturated carbocycles.